The van der Waals surface area contributed by atoms with Crippen molar-refractivity contribution in [3.8, 4) is 11.5 Å². The van der Waals surface area contributed by atoms with Crippen LogP contribution in [0.4, 0.5) is 8.78 Å². The van der Waals surface area contributed by atoms with Gasteiger partial charge < -0.3 is 15.1 Å². The molecule has 7 heteroatoms. The number of nitrogens with zero attached hydrogens (tertiary/aromatic N) is 2. The van der Waals surface area contributed by atoms with Crippen molar-refractivity contribution in [2.75, 3.05) is 13.1 Å². The minimum Gasteiger partial charge on any atom is -0.444 e. The van der Waals surface area contributed by atoms with Gasteiger partial charge in [0, 0.05) is 25.1 Å². The second-order valence-corrected chi connectivity index (χ2v) is 6.61. The van der Waals surface area contributed by atoms with Crippen LogP contribution in [0.25, 0.3) is 11.5 Å². The lowest BCUT2D eigenvalue weighted by Crippen LogP contribution is -2.38. The molecule has 0 spiro atoms. The fourth-order valence-electron chi connectivity index (χ4n) is 2.70. The molecule has 0 saturated heterocycles. The molecule has 0 fully saturated rings. The van der Waals surface area contributed by atoms with E-state index in [2.05, 4.69) is 20.6 Å². The van der Waals surface area contributed by atoms with Gasteiger partial charge in [-0.1, -0.05) is 12.1 Å². The zero-order valence-electron chi connectivity index (χ0n) is 16.5. The van der Waals surface area contributed by atoms with E-state index in [0.29, 0.717) is 43.5 Å². The summed E-state index contributed by atoms with van der Waals surface area (Å²) in [5.74, 6) is 0.588. The number of hydrogen-bond acceptors (Lipinski definition) is 3. The van der Waals surface area contributed by atoms with E-state index in [0.717, 1.165) is 16.8 Å². The first-order valence-corrected chi connectivity index (χ1v) is 9.52. The highest BCUT2D eigenvalue weighted by molar-refractivity contribution is 5.79. The molecular weight excluding hydrogens is 374 g/mol. The summed E-state index contributed by atoms with van der Waals surface area (Å²) in [5, 5.41) is 6.40. The molecule has 1 aromatic heterocycles. The van der Waals surface area contributed by atoms with Gasteiger partial charge in [-0.15, -0.1) is 0 Å². The maximum absolute atomic E-state index is 13.7. The number of aryl methyl sites for hydroxylation is 1. The molecule has 29 heavy (non-hydrogen) atoms. The lowest BCUT2D eigenvalue weighted by molar-refractivity contribution is 0.571. The van der Waals surface area contributed by atoms with E-state index in [4.69, 9.17) is 4.42 Å². The molecule has 0 amide bonds. The first-order valence-electron chi connectivity index (χ1n) is 9.52. The van der Waals surface area contributed by atoms with Crippen molar-refractivity contribution in [1.82, 2.24) is 15.6 Å². The Balaban J connectivity index is 1.55. The predicted molar refractivity (Wildman–Crippen MR) is 110 cm³/mol. The van der Waals surface area contributed by atoms with Gasteiger partial charge in [-0.05, 0) is 55.3 Å². The van der Waals surface area contributed by atoms with Gasteiger partial charge in [-0.25, -0.2) is 18.8 Å². The summed E-state index contributed by atoms with van der Waals surface area (Å²) in [5.41, 5.74) is 2.94. The van der Waals surface area contributed by atoms with Crippen LogP contribution in [0.2, 0.25) is 0 Å². The molecule has 1 heterocycles. The Kier molecular flexibility index (Phi) is 6.94. The third-order valence-electron chi connectivity index (χ3n) is 4.32. The molecule has 152 valence electrons. The number of rotatable bonds is 7. The minimum atomic E-state index is -0.298. The highest BCUT2D eigenvalue weighted by atomic mass is 19.1. The molecular formula is C22H24F2N4O. The van der Waals surface area contributed by atoms with Crippen LogP contribution in [-0.4, -0.2) is 24.0 Å². The Labute approximate surface area is 168 Å². The van der Waals surface area contributed by atoms with Crippen molar-refractivity contribution in [3.63, 3.8) is 0 Å². The van der Waals surface area contributed by atoms with Gasteiger partial charge >= 0.3 is 0 Å². The highest BCUT2D eigenvalue weighted by Crippen LogP contribution is 2.19. The molecule has 0 aliphatic heterocycles. The molecule has 3 rings (SSSR count). The van der Waals surface area contributed by atoms with Gasteiger partial charge in [0.1, 0.15) is 17.9 Å². The van der Waals surface area contributed by atoms with Crippen molar-refractivity contribution >= 4 is 5.96 Å². The van der Waals surface area contributed by atoms with E-state index in [1.807, 2.05) is 13.0 Å². The van der Waals surface area contributed by atoms with Gasteiger partial charge in [0.15, 0.2) is 5.96 Å². The van der Waals surface area contributed by atoms with E-state index in [-0.39, 0.29) is 11.6 Å². The molecule has 0 radical (unpaired) electrons. The van der Waals surface area contributed by atoms with Crippen LogP contribution in [0.1, 0.15) is 23.7 Å². The first-order chi connectivity index (χ1) is 14.0. The summed E-state index contributed by atoms with van der Waals surface area (Å²) >= 11 is 0. The number of aliphatic imine (C=N–C) groups is 1. The normalized spacial score (nSPS) is 11.5. The molecule has 0 bridgehead atoms. The van der Waals surface area contributed by atoms with Gasteiger partial charge in [0.25, 0.3) is 0 Å². The number of hydrogen-bond donors (Lipinski definition) is 2. The summed E-state index contributed by atoms with van der Waals surface area (Å²) in [6.45, 7) is 5.41. The fourth-order valence-corrected chi connectivity index (χ4v) is 2.70. The van der Waals surface area contributed by atoms with Gasteiger partial charge in [-0.2, -0.15) is 0 Å². The maximum atomic E-state index is 13.7. The van der Waals surface area contributed by atoms with Crippen molar-refractivity contribution in [2.24, 2.45) is 4.99 Å². The number of aromatic nitrogens is 1. The van der Waals surface area contributed by atoms with E-state index in [1.54, 1.807) is 31.4 Å². The zero-order chi connectivity index (χ0) is 20.6. The largest absolute Gasteiger partial charge is 0.444 e. The van der Waals surface area contributed by atoms with E-state index in [9.17, 15) is 8.78 Å². The van der Waals surface area contributed by atoms with Crippen molar-refractivity contribution in [2.45, 2.75) is 26.8 Å². The van der Waals surface area contributed by atoms with E-state index >= 15 is 0 Å². The van der Waals surface area contributed by atoms with Crippen LogP contribution < -0.4 is 10.6 Å². The van der Waals surface area contributed by atoms with Crippen LogP contribution in [0.5, 0.6) is 0 Å². The summed E-state index contributed by atoms with van der Waals surface area (Å²) < 4.78 is 32.2. The SMILES string of the molecule is CCNC(=NCc1ccc(C)c(F)c1)NCCc1coc(-c2ccc(F)cc2)n1. The second kappa shape index (κ2) is 9.82. The number of benzene rings is 2. The molecule has 0 unspecified atom stereocenters. The molecule has 0 aliphatic rings. The standard InChI is InChI=1S/C22H24F2N4O/c1-3-25-22(27-13-16-5-4-15(2)20(24)12-16)26-11-10-19-14-29-21(28-19)17-6-8-18(23)9-7-17/h4-9,12,14H,3,10-11,13H2,1-2H3,(H2,25,26,27). The minimum absolute atomic E-state index is 0.223. The van der Waals surface area contributed by atoms with Crippen LogP contribution in [0.3, 0.4) is 0 Å². The second-order valence-electron chi connectivity index (χ2n) is 6.61. The Hall–Kier alpha value is -3.22. The monoisotopic (exact) mass is 398 g/mol. The molecule has 0 saturated carbocycles. The average Bonchev–Trinajstić information content (AvgIpc) is 3.18. The summed E-state index contributed by atoms with van der Waals surface area (Å²) in [4.78, 5) is 8.93. The van der Waals surface area contributed by atoms with Crippen molar-refractivity contribution < 1.29 is 13.2 Å². The average molecular weight is 398 g/mol. The van der Waals surface area contributed by atoms with Crippen LogP contribution in [0, 0.1) is 18.6 Å². The van der Waals surface area contributed by atoms with Crippen LogP contribution in [-0.2, 0) is 13.0 Å². The quantitative estimate of drug-likeness (QED) is 0.462. The topological polar surface area (TPSA) is 62.5 Å². The predicted octanol–water partition coefficient (Wildman–Crippen LogP) is 4.23. The molecule has 0 aliphatic carbocycles. The van der Waals surface area contributed by atoms with Crippen molar-refractivity contribution in [3.05, 3.63) is 77.2 Å². The third-order valence-corrected chi connectivity index (χ3v) is 4.32. The van der Waals surface area contributed by atoms with E-state index in [1.165, 1.54) is 18.2 Å². The molecule has 0 atom stereocenters. The van der Waals surface area contributed by atoms with Crippen LogP contribution in [0.15, 0.2) is 58.1 Å². The molecule has 3 aromatic rings. The zero-order valence-corrected chi connectivity index (χ0v) is 16.5. The lowest BCUT2D eigenvalue weighted by atomic mass is 10.1. The third kappa shape index (κ3) is 5.88. The Morgan fingerprint density at radius 2 is 1.90 bits per heavy atom. The van der Waals surface area contributed by atoms with Gasteiger partial charge in [0.2, 0.25) is 5.89 Å². The Morgan fingerprint density at radius 1 is 1.10 bits per heavy atom. The number of guanidine groups is 1. The lowest BCUT2D eigenvalue weighted by Gasteiger charge is -2.10. The van der Waals surface area contributed by atoms with Gasteiger partial charge in [-0.3, -0.25) is 0 Å². The molecule has 2 aromatic carbocycles. The maximum Gasteiger partial charge on any atom is 0.226 e. The Morgan fingerprint density at radius 3 is 2.62 bits per heavy atom. The smallest absolute Gasteiger partial charge is 0.226 e. The summed E-state index contributed by atoms with van der Waals surface area (Å²) in [6, 6.07) is 11.1. The van der Waals surface area contributed by atoms with Crippen molar-refractivity contribution in [1.29, 1.82) is 0 Å². The molecule has 2 N–H and O–H groups in total. The first kappa shape index (κ1) is 20.5. The molecule has 5 nitrogen and oxygen atoms in total. The Bertz CT molecular complexity index is 967. The fraction of sp³-hybridized carbons (Fsp3) is 0.273. The van der Waals surface area contributed by atoms with E-state index < -0.39 is 0 Å². The number of halogens is 2. The number of nitrogens with one attached hydrogen (secondary N) is 2. The summed E-state index contributed by atoms with van der Waals surface area (Å²) in [6.07, 6.45) is 2.23. The van der Waals surface area contributed by atoms with Gasteiger partial charge in [0.05, 0.1) is 12.2 Å². The number of oxazole rings is 1. The summed E-state index contributed by atoms with van der Waals surface area (Å²) in [7, 11) is 0. The van der Waals surface area contributed by atoms with Crippen LogP contribution >= 0.6 is 0 Å². The highest BCUT2D eigenvalue weighted by Gasteiger charge is 2.07.